The van der Waals surface area contributed by atoms with Gasteiger partial charge in [0.05, 0.1) is 11.6 Å². The van der Waals surface area contributed by atoms with Crippen LogP contribution in [0.1, 0.15) is 51.3 Å². The van der Waals surface area contributed by atoms with Crippen molar-refractivity contribution in [2.45, 2.75) is 52.7 Å². The topological polar surface area (TPSA) is 21.3 Å². The Morgan fingerprint density at radius 1 is 1.32 bits per heavy atom. The number of aryl methyl sites for hydroxylation is 1. The van der Waals surface area contributed by atoms with Gasteiger partial charge in [-0.15, -0.1) is 0 Å². The van der Waals surface area contributed by atoms with Crippen molar-refractivity contribution in [1.82, 2.24) is 5.32 Å². The molecule has 0 amide bonds. The van der Waals surface area contributed by atoms with E-state index in [1.165, 1.54) is 5.56 Å². The summed E-state index contributed by atoms with van der Waals surface area (Å²) in [6.45, 7) is 12.1. The highest BCUT2D eigenvalue weighted by Gasteiger charge is 2.34. The lowest BCUT2D eigenvalue weighted by atomic mass is 9.87. The predicted molar refractivity (Wildman–Crippen MR) is 82.9 cm³/mol. The maximum Gasteiger partial charge on any atom is 0.0845 e. The molecule has 0 heterocycles. The maximum atomic E-state index is 6.26. The van der Waals surface area contributed by atoms with Crippen molar-refractivity contribution in [2.75, 3.05) is 13.2 Å². The summed E-state index contributed by atoms with van der Waals surface area (Å²) in [7, 11) is 0. The molecule has 1 rings (SSSR count). The van der Waals surface area contributed by atoms with Crippen molar-refractivity contribution in [1.29, 1.82) is 0 Å². The van der Waals surface area contributed by atoms with Crippen LogP contribution < -0.4 is 5.32 Å². The molecule has 0 aliphatic rings. The number of hydrogen-bond donors (Lipinski definition) is 1. The molecule has 2 atom stereocenters. The largest absolute Gasteiger partial charge is 0.374 e. The molecule has 2 unspecified atom stereocenters. The smallest absolute Gasteiger partial charge is 0.0845 e. The fourth-order valence-corrected chi connectivity index (χ4v) is 2.59. The number of halogens is 1. The van der Waals surface area contributed by atoms with Crippen LogP contribution in [0.15, 0.2) is 18.2 Å². The minimum Gasteiger partial charge on any atom is -0.374 e. The molecule has 0 fully saturated rings. The molecule has 1 N–H and O–H groups in total. The molecule has 0 aliphatic carbocycles. The second kappa shape index (κ2) is 7.28. The fraction of sp³-hybridized carbons (Fsp3) is 0.625. The first-order chi connectivity index (χ1) is 8.98. The molecule has 19 heavy (non-hydrogen) atoms. The van der Waals surface area contributed by atoms with Gasteiger partial charge in [-0.05, 0) is 50.9 Å². The Kier molecular flexibility index (Phi) is 6.31. The van der Waals surface area contributed by atoms with Crippen LogP contribution in [-0.2, 0) is 4.74 Å². The molecule has 0 saturated heterocycles. The third-order valence-electron chi connectivity index (χ3n) is 3.72. The summed E-state index contributed by atoms with van der Waals surface area (Å²) in [4.78, 5) is 0. The van der Waals surface area contributed by atoms with E-state index < -0.39 is 0 Å². The number of nitrogens with one attached hydrogen (secondary N) is 1. The predicted octanol–water partition coefficient (Wildman–Crippen LogP) is 4.50. The Morgan fingerprint density at radius 2 is 2.00 bits per heavy atom. The van der Waals surface area contributed by atoms with Crippen LogP contribution in [0.5, 0.6) is 0 Å². The van der Waals surface area contributed by atoms with Crippen LogP contribution in [0.4, 0.5) is 0 Å². The zero-order valence-electron chi connectivity index (χ0n) is 12.7. The summed E-state index contributed by atoms with van der Waals surface area (Å²) in [5, 5.41) is 4.35. The van der Waals surface area contributed by atoms with E-state index in [4.69, 9.17) is 16.3 Å². The lowest BCUT2D eigenvalue weighted by Gasteiger charge is -2.37. The van der Waals surface area contributed by atoms with Gasteiger partial charge in [-0.1, -0.05) is 37.6 Å². The fourth-order valence-electron chi connectivity index (χ4n) is 2.40. The molecule has 1 aromatic rings. The lowest BCUT2D eigenvalue weighted by molar-refractivity contribution is -0.0560. The second-order valence-electron chi connectivity index (χ2n) is 5.10. The molecule has 0 bridgehead atoms. The van der Waals surface area contributed by atoms with Crippen LogP contribution in [-0.4, -0.2) is 18.8 Å². The first kappa shape index (κ1) is 16.5. The summed E-state index contributed by atoms with van der Waals surface area (Å²) in [5.74, 6) is 0. The zero-order chi connectivity index (χ0) is 14.5. The van der Waals surface area contributed by atoms with Gasteiger partial charge in [0.2, 0.25) is 0 Å². The standard InChI is InChI=1S/C16H26ClNO/c1-6-16(5,19-8-3)15(18-7-2)13-10-9-12(4)14(17)11-13/h9-11,15,18H,6-8H2,1-5H3. The van der Waals surface area contributed by atoms with Gasteiger partial charge in [-0.25, -0.2) is 0 Å². The van der Waals surface area contributed by atoms with Crippen molar-refractivity contribution in [3.8, 4) is 0 Å². The molecule has 0 radical (unpaired) electrons. The minimum absolute atomic E-state index is 0.153. The van der Waals surface area contributed by atoms with Crippen LogP contribution in [0.25, 0.3) is 0 Å². The quantitative estimate of drug-likeness (QED) is 0.795. The third kappa shape index (κ3) is 3.95. The Balaban J connectivity index is 3.14. The van der Waals surface area contributed by atoms with E-state index in [1.807, 2.05) is 13.8 Å². The Hall–Kier alpha value is -0.570. The highest BCUT2D eigenvalue weighted by atomic mass is 35.5. The van der Waals surface area contributed by atoms with Gasteiger partial charge in [-0.3, -0.25) is 0 Å². The Bertz CT molecular complexity index is 408. The molecule has 0 spiro atoms. The third-order valence-corrected chi connectivity index (χ3v) is 4.13. The highest BCUT2D eigenvalue weighted by molar-refractivity contribution is 6.31. The van der Waals surface area contributed by atoms with Crippen LogP contribution in [0.3, 0.4) is 0 Å². The molecular formula is C16H26ClNO. The van der Waals surface area contributed by atoms with Crippen LogP contribution in [0.2, 0.25) is 5.02 Å². The first-order valence-electron chi connectivity index (χ1n) is 7.11. The van der Waals surface area contributed by atoms with Gasteiger partial charge < -0.3 is 10.1 Å². The van der Waals surface area contributed by atoms with Crippen molar-refractivity contribution >= 4 is 11.6 Å². The average molecular weight is 284 g/mol. The van der Waals surface area contributed by atoms with Crippen LogP contribution >= 0.6 is 11.6 Å². The number of ether oxygens (including phenoxy) is 1. The number of benzene rings is 1. The van der Waals surface area contributed by atoms with E-state index in [1.54, 1.807) is 0 Å². The number of rotatable bonds is 7. The lowest BCUT2D eigenvalue weighted by Crippen LogP contribution is -2.43. The van der Waals surface area contributed by atoms with E-state index in [9.17, 15) is 0 Å². The Labute approximate surface area is 122 Å². The van der Waals surface area contributed by atoms with Crippen molar-refractivity contribution in [2.24, 2.45) is 0 Å². The summed E-state index contributed by atoms with van der Waals surface area (Å²) < 4.78 is 6.01. The number of hydrogen-bond acceptors (Lipinski definition) is 2. The van der Waals surface area contributed by atoms with E-state index in [-0.39, 0.29) is 11.6 Å². The molecule has 0 aromatic heterocycles. The van der Waals surface area contributed by atoms with Gasteiger partial charge in [0.15, 0.2) is 0 Å². The van der Waals surface area contributed by atoms with Gasteiger partial charge in [0.25, 0.3) is 0 Å². The summed E-state index contributed by atoms with van der Waals surface area (Å²) in [5.41, 5.74) is 2.08. The van der Waals surface area contributed by atoms with E-state index in [0.29, 0.717) is 6.61 Å². The molecular weight excluding hydrogens is 258 g/mol. The molecule has 108 valence electrons. The second-order valence-corrected chi connectivity index (χ2v) is 5.51. The van der Waals surface area contributed by atoms with Crippen LogP contribution in [0, 0.1) is 6.92 Å². The zero-order valence-corrected chi connectivity index (χ0v) is 13.5. The molecule has 3 heteroatoms. The summed E-state index contributed by atoms with van der Waals surface area (Å²) >= 11 is 6.26. The average Bonchev–Trinajstić information content (AvgIpc) is 2.39. The molecule has 0 aliphatic heterocycles. The van der Waals surface area contributed by atoms with Gasteiger partial charge >= 0.3 is 0 Å². The molecule has 2 nitrogen and oxygen atoms in total. The van der Waals surface area contributed by atoms with Crippen molar-refractivity contribution < 1.29 is 4.74 Å². The SMILES string of the molecule is CCNC(c1ccc(C)c(Cl)c1)C(C)(CC)OCC. The van der Waals surface area contributed by atoms with E-state index in [2.05, 4.69) is 44.3 Å². The number of likely N-dealkylation sites (N-methyl/N-ethyl adjacent to an activating group) is 1. The normalized spacial score (nSPS) is 16.1. The van der Waals surface area contributed by atoms with Gasteiger partial charge in [0, 0.05) is 11.6 Å². The maximum absolute atomic E-state index is 6.26. The van der Waals surface area contributed by atoms with E-state index in [0.717, 1.165) is 23.6 Å². The van der Waals surface area contributed by atoms with Crippen molar-refractivity contribution in [3.05, 3.63) is 34.3 Å². The Morgan fingerprint density at radius 3 is 2.47 bits per heavy atom. The highest BCUT2D eigenvalue weighted by Crippen LogP contribution is 2.33. The summed E-state index contributed by atoms with van der Waals surface area (Å²) in [6, 6.07) is 6.42. The first-order valence-corrected chi connectivity index (χ1v) is 7.49. The molecule has 0 saturated carbocycles. The van der Waals surface area contributed by atoms with Gasteiger partial charge in [-0.2, -0.15) is 0 Å². The monoisotopic (exact) mass is 283 g/mol. The minimum atomic E-state index is -0.219. The molecule has 1 aromatic carbocycles. The van der Waals surface area contributed by atoms with Gasteiger partial charge in [0.1, 0.15) is 0 Å². The van der Waals surface area contributed by atoms with Crippen molar-refractivity contribution in [3.63, 3.8) is 0 Å². The summed E-state index contributed by atoms with van der Waals surface area (Å²) in [6.07, 6.45) is 0.948. The van der Waals surface area contributed by atoms with E-state index >= 15 is 0 Å².